The molecular weight excluding hydrogens is 408 g/mol. The van der Waals surface area contributed by atoms with Crippen molar-refractivity contribution in [2.24, 2.45) is 0 Å². The van der Waals surface area contributed by atoms with Crippen LogP contribution in [0.25, 0.3) is 6.08 Å². The van der Waals surface area contributed by atoms with Gasteiger partial charge >= 0.3 is 0 Å². The summed E-state index contributed by atoms with van der Waals surface area (Å²) in [4.78, 5) is 27.2. The molecule has 0 spiro atoms. The van der Waals surface area contributed by atoms with Gasteiger partial charge in [0.2, 0.25) is 0 Å². The number of rotatable bonds is 5. The minimum atomic E-state index is -0.400. The zero-order chi connectivity index (χ0) is 17.8. The van der Waals surface area contributed by atoms with Crippen LogP contribution in [0.3, 0.4) is 0 Å². The molecule has 0 atom stereocenters. The number of methoxy groups -OCH3 is 1. The van der Waals surface area contributed by atoms with Gasteiger partial charge in [0.25, 0.3) is 11.1 Å². The molecule has 1 saturated heterocycles. The van der Waals surface area contributed by atoms with E-state index < -0.39 is 5.91 Å². The summed E-state index contributed by atoms with van der Waals surface area (Å²) in [5.74, 6) is 0.675. The second kappa shape index (κ2) is 7.71. The number of amides is 2. The van der Waals surface area contributed by atoms with Gasteiger partial charge in [-0.3, -0.25) is 19.9 Å². The van der Waals surface area contributed by atoms with Crippen LogP contribution < -0.4 is 14.8 Å². The van der Waals surface area contributed by atoms with Crippen LogP contribution in [0.1, 0.15) is 11.1 Å². The van der Waals surface area contributed by atoms with E-state index in [1.54, 1.807) is 37.7 Å². The average molecular weight is 421 g/mol. The molecule has 1 fully saturated rings. The van der Waals surface area contributed by atoms with E-state index in [1.165, 1.54) is 0 Å². The molecule has 1 aromatic carbocycles. The van der Waals surface area contributed by atoms with Gasteiger partial charge in [0.1, 0.15) is 6.61 Å². The Hall–Kier alpha value is -2.32. The number of halogens is 1. The predicted octanol–water partition coefficient (Wildman–Crippen LogP) is 3.76. The molecule has 0 aliphatic carbocycles. The van der Waals surface area contributed by atoms with E-state index in [0.29, 0.717) is 33.0 Å². The first-order valence-electron chi connectivity index (χ1n) is 7.21. The van der Waals surface area contributed by atoms with Crippen molar-refractivity contribution in [3.63, 3.8) is 0 Å². The number of imide groups is 1. The Morgan fingerprint density at radius 3 is 2.68 bits per heavy atom. The highest BCUT2D eigenvalue weighted by atomic mass is 79.9. The number of benzene rings is 1. The molecule has 0 saturated carbocycles. The third-order valence-electron chi connectivity index (χ3n) is 3.32. The van der Waals surface area contributed by atoms with Crippen LogP contribution >= 0.6 is 27.7 Å². The lowest BCUT2D eigenvalue weighted by Crippen LogP contribution is -2.17. The number of thioether (sulfide) groups is 1. The van der Waals surface area contributed by atoms with Crippen molar-refractivity contribution < 1.29 is 19.1 Å². The summed E-state index contributed by atoms with van der Waals surface area (Å²) in [5.41, 5.74) is 1.69. The molecule has 0 radical (unpaired) electrons. The SMILES string of the molecule is COc1cc(/C=C2\SC(=O)NC2=O)cc(Br)c1OCc1ccncc1. The summed E-state index contributed by atoms with van der Waals surface area (Å²) in [5, 5.41) is 1.85. The highest BCUT2D eigenvalue weighted by Gasteiger charge is 2.25. The van der Waals surface area contributed by atoms with Crippen LogP contribution in [0.5, 0.6) is 11.5 Å². The van der Waals surface area contributed by atoms with Gasteiger partial charge in [0.15, 0.2) is 11.5 Å². The van der Waals surface area contributed by atoms with Crippen LogP contribution in [0, 0.1) is 0 Å². The molecule has 25 heavy (non-hydrogen) atoms. The van der Waals surface area contributed by atoms with E-state index in [2.05, 4.69) is 26.2 Å². The average Bonchev–Trinajstić information content (AvgIpc) is 2.91. The Labute approximate surface area is 156 Å². The molecule has 3 rings (SSSR count). The zero-order valence-electron chi connectivity index (χ0n) is 13.1. The molecule has 2 heterocycles. The summed E-state index contributed by atoms with van der Waals surface area (Å²) in [6.45, 7) is 0.366. The van der Waals surface area contributed by atoms with Gasteiger partial charge in [-0.15, -0.1) is 0 Å². The first-order valence-corrected chi connectivity index (χ1v) is 8.82. The van der Waals surface area contributed by atoms with Crippen molar-refractivity contribution in [2.75, 3.05) is 7.11 Å². The van der Waals surface area contributed by atoms with E-state index in [1.807, 2.05) is 12.1 Å². The predicted molar refractivity (Wildman–Crippen MR) is 98.4 cm³/mol. The molecule has 0 bridgehead atoms. The Morgan fingerprint density at radius 2 is 2.04 bits per heavy atom. The molecule has 8 heteroatoms. The number of hydrogen-bond acceptors (Lipinski definition) is 6. The van der Waals surface area contributed by atoms with Gasteiger partial charge in [-0.25, -0.2) is 0 Å². The molecule has 2 aromatic rings. The van der Waals surface area contributed by atoms with Crippen molar-refractivity contribution in [3.8, 4) is 11.5 Å². The first-order chi connectivity index (χ1) is 12.1. The minimum absolute atomic E-state index is 0.337. The maximum atomic E-state index is 11.7. The Balaban J connectivity index is 1.85. The molecule has 6 nitrogen and oxygen atoms in total. The fraction of sp³-hybridized carbons (Fsp3) is 0.118. The van der Waals surface area contributed by atoms with Gasteiger partial charge in [-0.2, -0.15) is 0 Å². The Morgan fingerprint density at radius 1 is 1.28 bits per heavy atom. The van der Waals surface area contributed by atoms with Crippen molar-refractivity contribution in [1.29, 1.82) is 0 Å². The maximum Gasteiger partial charge on any atom is 0.290 e. The minimum Gasteiger partial charge on any atom is -0.493 e. The second-order valence-corrected chi connectivity index (χ2v) is 6.90. The summed E-state index contributed by atoms with van der Waals surface area (Å²) >= 11 is 4.34. The molecule has 1 aromatic heterocycles. The summed E-state index contributed by atoms with van der Waals surface area (Å²) in [7, 11) is 1.54. The molecule has 0 unspecified atom stereocenters. The number of carbonyl (C=O) groups excluding carboxylic acids is 2. The third-order valence-corrected chi connectivity index (χ3v) is 4.72. The van der Waals surface area contributed by atoms with E-state index in [-0.39, 0.29) is 5.24 Å². The molecule has 1 aliphatic heterocycles. The highest BCUT2D eigenvalue weighted by molar-refractivity contribution is 9.10. The van der Waals surface area contributed by atoms with Gasteiger partial charge in [-0.05, 0) is 69.2 Å². The molecular formula is C17H13BrN2O4S. The van der Waals surface area contributed by atoms with Crippen molar-refractivity contribution >= 4 is 44.9 Å². The summed E-state index contributed by atoms with van der Waals surface area (Å²) in [6, 6.07) is 7.28. The van der Waals surface area contributed by atoms with Gasteiger partial charge in [0.05, 0.1) is 16.5 Å². The molecule has 1 aliphatic rings. The van der Waals surface area contributed by atoms with E-state index in [4.69, 9.17) is 9.47 Å². The lowest BCUT2D eigenvalue weighted by Gasteiger charge is -2.13. The van der Waals surface area contributed by atoms with Crippen LogP contribution in [-0.4, -0.2) is 23.2 Å². The van der Waals surface area contributed by atoms with E-state index in [9.17, 15) is 9.59 Å². The van der Waals surface area contributed by atoms with Gasteiger partial charge in [0, 0.05) is 12.4 Å². The quantitative estimate of drug-likeness (QED) is 0.741. The zero-order valence-corrected chi connectivity index (χ0v) is 15.5. The highest BCUT2D eigenvalue weighted by Crippen LogP contribution is 2.38. The van der Waals surface area contributed by atoms with Crippen LogP contribution in [0.4, 0.5) is 4.79 Å². The molecule has 2 amide bonds. The van der Waals surface area contributed by atoms with Gasteiger partial charge < -0.3 is 9.47 Å². The number of nitrogens with zero attached hydrogens (tertiary/aromatic N) is 1. The third kappa shape index (κ3) is 4.21. The number of carbonyl (C=O) groups is 2. The maximum absolute atomic E-state index is 11.7. The topological polar surface area (TPSA) is 77.5 Å². The van der Waals surface area contributed by atoms with Crippen LogP contribution in [0.2, 0.25) is 0 Å². The Kier molecular flexibility index (Phi) is 5.40. The van der Waals surface area contributed by atoms with Crippen LogP contribution in [-0.2, 0) is 11.4 Å². The standard InChI is InChI=1S/C17H13BrN2O4S/c1-23-13-7-11(8-14-16(21)20-17(22)25-14)6-12(18)15(13)24-9-10-2-4-19-5-3-10/h2-8H,9H2,1H3,(H,20,21,22)/b14-8-. The van der Waals surface area contributed by atoms with Crippen molar-refractivity contribution in [1.82, 2.24) is 10.3 Å². The monoisotopic (exact) mass is 420 g/mol. The first kappa shape index (κ1) is 17.5. The Bertz CT molecular complexity index is 855. The van der Waals surface area contributed by atoms with Gasteiger partial charge in [-0.1, -0.05) is 0 Å². The largest absolute Gasteiger partial charge is 0.493 e. The van der Waals surface area contributed by atoms with Crippen molar-refractivity contribution in [2.45, 2.75) is 6.61 Å². The second-order valence-electron chi connectivity index (χ2n) is 5.03. The van der Waals surface area contributed by atoms with Crippen molar-refractivity contribution in [3.05, 3.63) is 57.2 Å². The number of ether oxygens (including phenoxy) is 2. The lowest BCUT2D eigenvalue weighted by molar-refractivity contribution is -0.115. The summed E-state index contributed by atoms with van der Waals surface area (Å²) < 4.78 is 11.9. The van der Waals surface area contributed by atoms with E-state index in [0.717, 1.165) is 17.3 Å². The molecule has 128 valence electrons. The normalized spacial score (nSPS) is 15.4. The number of pyridine rings is 1. The fourth-order valence-electron chi connectivity index (χ4n) is 2.17. The molecule has 1 N–H and O–H groups in total. The smallest absolute Gasteiger partial charge is 0.290 e. The number of aromatic nitrogens is 1. The summed E-state index contributed by atoms with van der Waals surface area (Å²) in [6.07, 6.45) is 5.03. The lowest BCUT2D eigenvalue weighted by atomic mass is 10.2. The van der Waals surface area contributed by atoms with Crippen LogP contribution in [0.15, 0.2) is 46.0 Å². The number of hydrogen-bond donors (Lipinski definition) is 1. The fourth-order valence-corrected chi connectivity index (χ4v) is 3.43. The van der Waals surface area contributed by atoms with E-state index >= 15 is 0 Å². The number of nitrogens with one attached hydrogen (secondary N) is 1.